The van der Waals surface area contributed by atoms with Crippen LogP contribution in [-0.4, -0.2) is 19.7 Å². The molecule has 0 spiro atoms. The number of hydrogen-bond acceptors (Lipinski definition) is 2. The molecule has 2 rings (SSSR count). The molecule has 2 amide bonds. The minimum atomic E-state index is -0.180. The third kappa shape index (κ3) is 3.51. The van der Waals surface area contributed by atoms with E-state index < -0.39 is 0 Å². The van der Waals surface area contributed by atoms with Crippen LogP contribution in [0.4, 0.5) is 16.2 Å². The summed E-state index contributed by atoms with van der Waals surface area (Å²) in [6, 6.07) is 16.6. The van der Waals surface area contributed by atoms with Gasteiger partial charge in [-0.2, -0.15) is 0 Å². The maximum Gasteiger partial charge on any atom is 0.326 e. The second kappa shape index (κ2) is 6.61. The fourth-order valence-corrected chi connectivity index (χ4v) is 1.78. The van der Waals surface area contributed by atoms with E-state index in [-0.39, 0.29) is 6.03 Å². The van der Waals surface area contributed by atoms with E-state index in [0.717, 1.165) is 17.1 Å². The van der Waals surface area contributed by atoms with E-state index in [1.165, 1.54) is 0 Å². The van der Waals surface area contributed by atoms with E-state index in [1.807, 2.05) is 61.5 Å². The lowest BCUT2D eigenvalue weighted by Crippen LogP contribution is -2.31. The number of carbonyl (C=O) groups excluding carboxylic acids is 1. The van der Waals surface area contributed by atoms with E-state index in [4.69, 9.17) is 4.74 Å². The Balaban J connectivity index is 2.00. The molecule has 0 saturated carbocycles. The molecule has 0 aliphatic heterocycles. The zero-order valence-electron chi connectivity index (χ0n) is 11.7. The van der Waals surface area contributed by atoms with Crippen LogP contribution in [0.1, 0.15) is 6.92 Å². The normalized spacial score (nSPS) is 9.90. The number of nitrogens with one attached hydrogen (secondary N) is 1. The summed E-state index contributed by atoms with van der Waals surface area (Å²) in [7, 11) is 1.74. The topological polar surface area (TPSA) is 41.6 Å². The molecular formula is C16H18N2O2. The van der Waals surface area contributed by atoms with Gasteiger partial charge in [0, 0.05) is 18.4 Å². The second-order valence-electron chi connectivity index (χ2n) is 4.28. The molecule has 0 aromatic heterocycles. The summed E-state index contributed by atoms with van der Waals surface area (Å²) in [5.74, 6) is 0.793. The van der Waals surface area contributed by atoms with Gasteiger partial charge in [-0.3, -0.25) is 4.90 Å². The van der Waals surface area contributed by atoms with Crippen molar-refractivity contribution >= 4 is 17.4 Å². The number of benzene rings is 2. The first kappa shape index (κ1) is 13.9. The number of ether oxygens (including phenoxy) is 1. The van der Waals surface area contributed by atoms with Crippen LogP contribution >= 0.6 is 0 Å². The Morgan fingerprint density at radius 1 is 1.10 bits per heavy atom. The van der Waals surface area contributed by atoms with Crippen molar-refractivity contribution in [1.29, 1.82) is 0 Å². The molecule has 0 bridgehead atoms. The van der Waals surface area contributed by atoms with Gasteiger partial charge in [-0.05, 0) is 43.3 Å². The smallest absolute Gasteiger partial charge is 0.326 e. The zero-order valence-corrected chi connectivity index (χ0v) is 11.7. The first-order valence-electron chi connectivity index (χ1n) is 6.53. The maximum atomic E-state index is 12.1. The largest absolute Gasteiger partial charge is 0.494 e. The average molecular weight is 270 g/mol. The Labute approximate surface area is 119 Å². The molecule has 0 aliphatic carbocycles. The highest BCUT2D eigenvalue weighted by molar-refractivity contribution is 6.01. The highest BCUT2D eigenvalue weighted by Crippen LogP contribution is 2.17. The standard InChI is InChI=1S/C16H18N2O2/c1-3-20-15-11-9-13(10-12-15)17-16(19)18(2)14-7-5-4-6-8-14/h4-12H,3H2,1-2H3,(H,17,19). The predicted octanol–water partition coefficient (Wildman–Crippen LogP) is 3.75. The predicted molar refractivity (Wildman–Crippen MR) is 81.5 cm³/mol. The van der Waals surface area contributed by atoms with Crippen LogP contribution in [0.25, 0.3) is 0 Å². The van der Waals surface area contributed by atoms with Crippen LogP contribution in [-0.2, 0) is 0 Å². The molecule has 4 nitrogen and oxygen atoms in total. The van der Waals surface area contributed by atoms with Gasteiger partial charge in [0.15, 0.2) is 0 Å². The lowest BCUT2D eigenvalue weighted by Gasteiger charge is -2.18. The van der Waals surface area contributed by atoms with Crippen LogP contribution in [0.15, 0.2) is 54.6 Å². The molecular weight excluding hydrogens is 252 g/mol. The third-order valence-electron chi connectivity index (χ3n) is 2.86. The average Bonchev–Trinajstić information content (AvgIpc) is 2.49. The molecule has 0 fully saturated rings. The molecule has 0 radical (unpaired) electrons. The molecule has 20 heavy (non-hydrogen) atoms. The Kier molecular flexibility index (Phi) is 4.60. The van der Waals surface area contributed by atoms with Crippen LogP contribution in [0, 0.1) is 0 Å². The molecule has 4 heteroatoms. The number of para-hydroxylation sites is 1. The summed E-state index contributed by atoms with van der Waals surface area (Å²) in [5, 5.41) is 2.84. The van der Waals surface area contributed by atoms with E-state index >= 15 is 0 Å². The molecule has 104 valence electrons. The summed E-state index contributed by atoms with van der Waals surface area (Å²) in [6.07, 6.45) is 0. The quantitative estimate of drug-likeness (QED) is 0.919. The van der Waals surface area contributed by atoms with E-state index in [1.54, 1.807) is 11.9 Å². The number of urea groups is 1. The van der Waals surface area contributed by atoms with Crippen molar-refractivity contribution in [3.05, 3.63) is 54.6 Å². The van der Waals surface area contributed by atoms with E-state index in [2.05, 4.69) is 5.32 Å². The minimum Gasteiger partial charge on any atom is -0.494 e. The van der Waals surface area contributed by atoms with Crippen molar-refractivity contribution in [1.82, 2.24) is 0 Å². The molecule has 2 aromatic rings. The number of anilines is 2. The summed E-state index contributed by atoms with van der Waals surface area (Å²) in [5.41, 5.74) is 1.58. The van der Waals surface area contributed by atoms with Gasteiger partial charge >= 0.3 is 6.03 Å². The number of rotatable bonds is 4. The Morgan fingerprint density at radius 2 is 1.75 bits per heavy atom. The zero-order chi connectivity index (χ0) is 14.4. The van der Waals surface area contributed by atoms with Gasteiger partial charge in [0.2, 0.25) is 0 Å². The molecule has 0 unspecified atom stereocenters. The Hall–Kier alpha value is -2.49. The van der Waals surface area contributed by atoms with Crippen molar-refractivity contribution in [3.8, 4) is 5.75 Å². The van der Waals surface area contributed by atoms with E-state index in [0.29, 0.717) is 6.61 Å². The summed E-state index contributed by atoms with van der Waals surface area (Å²) >= 11 is 0. The van der Waals surface area contributed by atoms with Gasteiger partial charge in [-0.25, -0.2) is 4.79 Å². The summed E-state index contributed by atoms with van der Waals surface area (Å²) < 4.78 is 5.36. The number of carbonyl (C=O) groups is 1. The van der Waals surface area contributed by atoms with Crippen molar-refractivity contribution in [3.63, 3.8) is 0 Å². The summed E-state index contributed by atoms with van der Waals surface area (Å²) in [6.45, 7) is 2.56. The van der Waals surface area contributed by atoms with Gasteiger partial charge in [0.25, 0.3) is 0 Å². The van der Waals surface area contributed by atoms with Crippen molar-refractivity contribution in [2.24, 2.45) is 0 Å². The van der Waals surface area contributed by atoms with Gasteiger partial charge in [-0.1, -0.05) is 18.2 Å². The van der Waals surface area contributed by atoms with Crippen LogP contribution < -0.4 is 15.0 Å². The Bertz CT molecular complexity index is 552. The van der Waals surface area contributed by atoms with Crippen molar-refractivity contribution in [2.45, 2.75) is 6.92 Å². The van der Waals surface area contributed by atoms with Crippen LogP contribution in [0.3, 0.4) is 0 Å². The monoisotopic (exact) mass is 270 g/mol. The number of hydrogen-bond donors (Lipinski definition) is 1. The first-order chi connectivity index (χ1) is 9.70. The van der Waals surface area contributed by atoms with Crippen molar-refractivity contribution < 1.29 is 9.53 Å². The SMILES string of the molecule is CCOc1ccc(NC(=O)N(C)c2ccccc2)cc1. The summed E-state index contributed by atoms with van der Waals surface area (Å²) in [4.78, 5) is 13.7. The van der Waals surface area contributed by atoms with E-state index in [9.17, 15) is 4.79 Å². The lowest BCUT2D eigenvalue weighted by molar-refractivity contribution is 0.258. The highest BCUT2D eigenvalue weighted by Gasteiger charge is 2.10. The van der Waals surface area contributed by atoms with Gasteiger partial charge < -0.3 is 10.1 Å². The fraction of sp³-hybridized carbons (Fsp3) is 0.188. The molecule has 2 aromatic carbocycles. The molecule has 0 saturated heterocycles. The maximum absolute atomic E-state index is 12.1. The second-order valence-corrected chi connectivity index (χ2v) is 4.28. The van der Waals surface area contributed by atoms with Crippen LogP contribution in [0.2, 0.25) is 0 Å². The van der Waals surface area contributed by atoms with Crippen molar-refractivity contribution in [2.75, 3.05) is 23.9 Å². The fourth-order valence-electron chi connectivity index (χ4n) is 1.78. The number of nitrogens with zero attached hydrogens (tertiary/aromatic N) is 1. The Morgan fingerprint density at radius 3 is 2.35 bits per heavy atom. The molecule has 0 aliphatic rings. The molecule has 1 N–H and O–H groups in total. The highest BCUT2D eigenvalue weighted by atomic mass is 16.5. The van der Waals surface area contributed by atoms with Gasteiger partial charge in [0.05, 0.1) is 6.61 Å². The number of amides is 2. The molecule has 0 atom stereocenters. The first-order valence-corrected chi connectivity index (χ1v) is 6.53. The van der Waals surface area contributed by atoms with Gasteiger partial charge in [-0.15, -0.1) is 0 Å². The molecule has 0 heterocycles. The lowest BCUT2D eigenvalue weighted by atomic mass is 10.3. The van der Waals surface area contributed by atoms with Crippen LogP contribution in [0.5, 0.6) is 5.75 Å². The third-order valence-corrected chi connectivity index (χ3v) is 2.86. The minimum absolute atomic E-state index is 0.180. The van der Waals surface area contributed by atoms with Gasteiger partial charge in [0.1, 0.15) is 5.75 Å².